The van der Waals surface area contributed by atoms with Gasteiger partial charge < -0.3 is 15.8 Å². The minimum absolute atomic E-state index is 0.00968. The quantitative estimate of drug-likeness (QED) is 0.761. The standard InChI is InChI=1S/C18H30N4O3/c1-4-9-25-16-11-14(5-6-15(16)19)17(23)20-7-8-22-13(3)10-12(2)21-18(22)24/h10,14-16H,4-9,11,19H2,1-3H3,(H,20,23)/t14-,15+,16+/m0/s1. The molecule has 25 heavy (non-hydrogen) atoms. The van der Waals surface area contributed by atoms with E-state index in [1.807, 2.05) is 13.0 Å². The van der Waals surface area contributed by atoms with Crippen LogP contribution in [0.25, 0.3) is 0 Å². The zero-order valence-corrected chi connectivity index (χ0v) is 15.5. The lowest BCUT2D eigenvalue weighted by Crippen LogP contribution is -2.46. The molecule has 1 fully saturated rings. The number of rotatable bonds is 7. The molecular weight excluding hydrogens is 320 g/mol. The molecule has 140 valence electrons. The van der Waals surface area contributed by atoms with E-state index in [0.717, 1.165) is 25.0 Å². The number of hydrogen-bond acceptors (Lipinski definition) is 5. The van der Waals surface area contributed by atoms with Crippen LogP contribution in [-0.4, -0.2) is 40.8 Å². The number of nitrogens with one attached hydrogen (secondary N) is 1. The highest BCUT2D eigenvalue weighted by Crippen LogP contribution is 2.26. The lowest BCUT2D eigenvalue weighted by Gasteiger charge is -2.33. The molecule has 7 nitrogen and oxygen atoms in total. The van der Waals surface area contributed by atoms with Crippen LogP contribution >= 0.6 is 0 Å². The summed E-state index contributed by atoms with van der Waals surface area (Å²) in [5.74, 6) is -0.0570. The predicted octanol–water partition coefficient (Wildman–Crippen LogP) is 0.899. The predicted molar refractivity (Wildman–Crippen MR) is 96.3 cm³/mol. The van der Waals surface area contributed by atoms with Crippen molar-refractivity contribution >= 4 is 5.91 Å². The van der Waals surface area contributed by atoms with Crippen molar-refractivity contribution in [3.05, 3.63) is 27.9 Å². The number of carbonyl (C=O) groups is 1. The Kier molecular flexibility index (Phi) is 7.13. The Morgan fingerprint density at radius 1 is 1.44 bits per heavy atom. The van der Waals surface area contributed by atoms with E-state index >= 15 is 0 Å². The first-order chi connectivity index (χ1) is 11.9. The molecule has 2 rings (SSSR count). The molecule has 1 aromatic rings. The molecule has 1 heterocycles. The maximum atomic E-state index is 12.4. The van der Waals surface area contributed by atoms with Crippen molar-refractivity contribution in [2.75, 3.05) is 13.2 Å². The topological polar surface area (TPSA) is 99.2 Å². The molecule has 1 amide bonds. The molecule has 0 aromatic carbocycles. The summed E-state index contributed by atoms with van der Waals surface area (Å²) in [7, 11) is 0. The van der Waals surface area contributed by atoms with Gasteiger partial charge in [0.2, 0.25) is 5.91 Å². The van der Waals surface area contributed by atoms with Crippen LogP contribution in [0.5, 0.6) is 0 Å². The summed E-state index contributed by atoms with van der Waals surface area (Å²) in [6, 6.07) is 1.87. The van der Waals surface area contributed by atoms with E-state index in [9.17, 15) is 9.59 Å². The maximum absolute atomic E-state index is 12.4. The van der Waals surface area contributed by atoms with Crippen LogP contribution in [0.4, 0.5) is 0 Å². The van der Waals surface area contributed by atoms with Gasteiger partial charge in [-0.05, 0) is 45.6 Å². The third kappa shape index (κ3) is 5.37. The molecule has 0 unspecified atom stereocenters. The fourth-order valence-corrected chi connectivity index (χ4v) is 3.33. The van der Waals surface area contributed by atoms with Crippen LogP contribution < -0.4 is 16.7 Å². The van der Waals surface area contributed by atoms with Gasteiger partial charge in [-0.2, -0.15) is 4.98 Å². The van der Waals surface area contributed by atoms with Gasteiger partial charge >= 0.3 is 5.69 Å². The molecule has 1 aromatic heterocycles. The van der Waals surface area contributed by atoms with Gasteiger partial charge in [-0.3, -0.25) is 9.36 Å². The third-order valence-corrected chi connectivity index (χ3v) is 4.73. The molecule has 0 bridgehead atoms. The van der Waals surface area contributed by atoms with E-state index in [1.54, 1.807) is 11.5 Å². The molecule has 7 heteroatoms. The van der Waals surface area contributed by atoms with Crippen molar-refractivity contribution in [1.82, 2.24) is 14.9 Å². The maximum Gasteiger partial charge on any atom is 0.348 e. The lowest BCUT2D eigenvalue weighted by molar-refractivity contribution is -0.128. The van der Waals surface area contributed by atoms with Crippen LogP contribution in [0, 0.1) is 19.8 Å². The van der Waals surface area contributed by atoms with Crippen LogP contribution in [-0.2, 0) is 16.1 Å². The van der Waals surface area contributed by atoms with E-state index in [0.29, 0.717) is 31.8 Å². The van der Waals surface area contributed by atoms with Crippen LogP contribution in [0.3, 0.4) is 0 Å². The van der Waals surface area contributed by atoms with Gasteiger partial charge in [0.1, 0.15) is 0 Å². The van der Waals surface area contributed by atoms with Gasteiger partial charge in [0.25, 0.3) is 0 Å². The largest absolute Gasteiger partial charge is 0.377 e. The van der Waals surface area contributed by atoms with Crippen molar-refractivity contribution in [3.63, 3.8) is 0 Å². The summed E-state index contributed by atoms with van der Waals surface area (Å²) >= 11 is 0. The summed E-state index contributed by atoms with van der Waals surface area (Å²) in [4.78, 5) is 28.3. The molecular formula is C18H30N4O3. The Bertz CT molecular complexity index is 644. The smallest absolute Gasteiger partial charge is 0.348 e. The molecule has 1 saturated carbocycles. The van der Waals surface area contributed by atoms with Crippen LogP contribution in [0.2, 0.25) is 0 Å². The molecule has 0 saturated heterocycles. The normalized spacial score (nSPS) is 23.4. The average molecular weight is 350 g/mol. The lowest BCUT2D eigenvalue weighted by atomic mass is 9.83. The molecule has 0 aliphatic heterocycles. The number of carbonyl (C=O) groups excluding carboxylic acids is 1. The first-order valence-corrected chi connectivity index (χ1v) is 9.12. The van der Waals surface area contributed by atoms with Crippen molar-refractivity contribution in [2.24, 2.45) is 11.7 Å². The number of nitrogens with two attached hydrogens (primary N) is 1. The van der Waals surface area contributed by atoms with Gasteiger partial charge in [-0.15, -0.1) is 0 Å². The van der Waals surface area contributed by atoms with Crippen LogP contribution in [0.15, 0.2) is 10.9 Å². The highest BCUT2D eigenvalue weighted by molar-refractivity contribution is 5.78. The molecule has 0 spiro atoms. The number of aromatic nitrogens is 2. The second-order valence-corrected chi connectivity index (χ2v) is 6.85. The van der Waals surface area contributed by atoms with E-state index in [4.69, 9.17) is 10.5 Å². The number of hydrogen-bond donors (Lipinski definition) is 2. The fourth-order valence-electron chi connectivity index (χ4n) is 3.33. The number of amides is 1. The SMILES string of the molecule is CCCO[C@@H]1C[C@@H](C(=O)NCCn2c(C)cc(C)nc2=O)CC[C@H]1N. The van der Waals surface area contributed by atoms with Gasteiger partial charge in [-0.25, -0.2) is 4.79 Å². The second-order valence-electron chi connectivity index (χ2n) is 6.85. The number of ether oxygens (including phenoxy) is 1. The van der Waals surface area contributed by atoms with Gasteiger partial charge in [-0.1, -0.05) is 6.92 Å². The number of nitrogens with zero attached hydrogens (tertiary/aromatic N) is 2. The van der Waals surface area contributed by atoms with Crippen molar-refractivity contribution in [1.29, 1.82) is 0 Å². The summed E-state index contributed by atoms with van der Waals surface area (Å²) in [6.07, 6.45) is 3.14. The zero-order valence-electron chi connectivity index (χ0n) is 15.5. The summed E-state index contributed by atoms with van der Waals surface area (Å²) in [5.41, 5.74) is 7.39. The Morgan fingerprint density at radius 2 is 2.20 bits per heavy atom. The number of aryl methyl sites for hydroxylation is 2. The van der Waals surface area contributed by atoms with Crippen LogP contribution in [0.1, 0.15) is 44.0 Å². The van der Waals surface area contributed by atoms with Crippen molar-refractivity contribution < 1.29 is 9.53 Å². The Morgan fingerprint density at radius 3 is 2.88 bits per heavy atom. The molecule has 1 aliphatic carbocycles. The Labute approximate surface area is 149 Å². The van der Waals surface area contributed by atoms with Gasteiger partial charge in [0.05, 0.1) is 6.10 Å². The van der Waals surface area contributed by atoms with E-state index in [-0.39, 0.29) is 29.7 Å². The molecule has 0 radical (unpaired) electrons. The fraction of sp³-hybridized carbons (Fsp3) is 0.722. The second kappa shape index (κ2) is 9.10. The summed E-state index contributed by atoms with van der Waals surface area (Å²) in [5, 5.41) is 2.94. The molecule has 3 atom stereocenters. The minimum atomic E-state index is -0.275. The van der Waals surface area contributed by atoms with Gasteiger partial charge in [0.15, 0.2) is 0 Å². The summed E-state index contributed by atoms with van der Waals surface area (Å²) < 4.78 is 7.36. The molecule has 1 aliphatic rings. The highest BCUT2D eigenvalue weighted by atomic mass is 16.5. The highest BCUT2D eigenvalue weighted by Gasteiger charge is 2.32. The molecule has 3 N–H and O–H groups in total. The van der Waals surface area contributed by atoms with E-state index in [2.05, 4.69) is 17.2 Å². The first-order valence-electron chi connectivity index (χ1n) is 9.12. The Balaban J connectivity index is 1.85. The van der Waals surface area contributed by atoms with Gasteiger partial charge in [0, 0.05) is 43.0 Å². The summed E-state index contributed by atoms with van der Waals surface area (Å²) in [6.45, 7) is 7.23. The average Bonchev–Trinajstić information content (AvgIpc) is 2.56. The monoisotopic (exact) mass is 350 g/mol. The first kappa shape index (κ1) is 19.6. The van der Waals surface area contributed by atoms with E-state index in [1.165, 1.54) is 0 Å². The van der Waals surface area contributed by atoms with Crippen molar-refractivity contribution in [2.45, 2.75) is 65.1 Å². The third-order valence-electron chi connectivity index (χ3n) is 4.73. The van der Waals surface area contributed by atoms with E-state index < -0.39 is 0 Å². The zero-order chi connectivity index (χ0) is 18.4. The Hall–Kier alpha value is -1.73. The van der Waals surface area contributed by atoms with Crippen molar-refractivity contribution in [3.8, 4) is 0 Å². The minimum Gasteiger partial charge on any atom is -0.377 e.